The number of fused-ring (bicyclic) bond motifs is 3. The molecule has 0 bridgehead atoms. The maximum Gasteiger partial charge on any atom is 0.336 e. The highest BCUT2D eigenvalue weighted by Crippen LogP contribution is 2.63. The van der Waals surface area contributed by atoms with Crippen LogP contribution in [0.2, 0.25) is 0 Å². The molecular weight excluding hydrogens is 240 g/mol. The van der Waals surface area contributed by atoms with Gasteiger partial charge in [0.2, 0.25) is 0 Å². The molecule has 3 nitrogen and oxygen atoms in total. The monoisotopic (exact) mass is 264 g/mol. The number of esters is 1. The highest BCUT2D eigenvalue weighted by molar-refractivity contribution is 5.93. The molecule has 0 amide bonds. The fraction of sp³-hybridized carbons (Fsp3) is 0.812. The van der Waals surface area contributed by atoms with Crippen LogP contribution in [0.5, 0.6) is 0 Å². The number of hydrogen-bond acceptors (Lipinski definition) is 3. The molecule has 1 N–H and O–H groups in total. The lowest BCUT2D eigenvalue weighted by molar-refractivity contribution is -0.158. The molecule has 0 spiro atoms. The molecule has 106 valence electrons. The van der Waals surface area contributed by atoms with E-state index in [1.54, 1.807) is 0 Å². The first-order valence-electron chi connectivity index (χ1n) is 7.34. The zero-order chi connectivity index (χ0) is 14.1. The van der Waals surface area contributed by atoms with Crippen molar-refractivity contribution in [2.24, 2.45) is 22.7 Å². The predicted octanol–water partition coefficient (Wildman–Crippen LogP) is 2.68. The van der Waals surface area contributed by atoms with Crippen molar-refractivity contribution in [3.63, 3.8) is 0 Å². The molecular formula is C16H24O3. The van der Waals surface area contributed by atoms with E-state index in [0.29, 0.717) is 17.4 Å². The van der Waals surface area contributed by atoms with Crippen LogP contribution in [0.3, 0.4) is 0 Å². The minimum Gasteiger partial charge on any atom is -0.459 e. The number of aliphatic hydroxyl groups is 1. The number of allylic oxidation sites excluding steroid dienone is 1. The van der Waals surface area contributed by atoms with Crippen molar-refractivity contribution in [2.45, 2.75) is 52.6 Å². The summed E-state index contributed by atoms with van der Waals surface area (Å²) < 4.78 is 5.18. The lowest BCUT2D eigenvalue weighted by Crippen LogP contribution is -2.61. The fourth-order valence-corrected chi connectivity index (χ4v) is 5.37. The van der Waals surface area contributed by atoms with Gasteiger partial charge in [-0.25, -0.2) is 4.79 Å². The second-order valence-electron chi connectivity index (χ2n) is 7.61. The number of carbonyl (C=O) groups is 1. The first-order chi connectivity index (χ1) is 8.72. The number of cyclic esters (lactones) is 1. The van der Waals surface area contributed by atoms with Crippen LogP contribution in [0.1, 0.15) is 47.0 Å². The summed E-state index contributed by atoms with van der Waals surface area (Å²) in [4.78, 5) is 11.9. The Morgan fingerprint density at radius 1 is 1.32 bits per heavy atom. The van der Waals surface area contributed by atoms with Crippen LogP contribution >= 0.6 is 0 Å². The third-order valence-electron chi connectivity index (χ3n) is 6.02. The molecule has 19 heavy (non-hydrogen) atoms. The smallest absolute Gasteiger partial charge is 0.336 e. The number of rotatable bonds is 0. The summed E-state index contributed by atoms with van der Waals surface area (Å²) >= 11 is 0. The molecule has 4 unspecified atom stereocenters. The molecule has 3 aliphatic rings. The highest BCUT2D eigenvalue weighted by Gasteiger charge is 2.65. The summed E-state index contributed by atoms with van der Waals surface area (Å²) in [6, 6.07) is 0. The Labute approximate surface area is 115 Å². The molecule has 3 rings (SSSR count). The molecule has 4 atom stereocenters. The standard InChI is InChI=1S/C16H24O3/c1-10-8-11-13(17)19-9-16(11,18)15(4)7-5-6-14(2,3)12(10)15/h8,10,12,18H,5-7,9H2,1-4H3. The Balaban J connectivity index is 2.18. The normalized spacial score (nSPS) is 48.1. The van der Waals surface area contributed by atoms with Gasteiger partial charge in [-0.1, -0.05) is 40.2 Å². The van der Waals surface area contributed by atoms with Crippen molar-refractivity contribution in [2.75, 3.05) is 6.61 Å². The minimum absolute atomic E-state index is 0.132. The van der Waals surface area contributed by atoms with E-state index in [2.05, 4.69) is 27.7 Å². The highest BCUT2D eigenvalue weighted by atomic mass is 16.6. The Hall–Kier alpha value is -0.830. The maximum absolute atomic E-state index is 11.9. The molecule has 0 radical (unpaired) electrons. The quantitative estimate of drug-likeness (QED) is 0.684. The summed E-state index contributed by atoms with van der Waals surface area (Å²) in [5, 5.41) is 11.2. The maximum atomic E-state index is 11.9. The minimum atomic E-state index is -1.08. The third kappa shape index (κ3) is 1.45. The van der Waals surface area contributed by atoms with Crippen LogP contribution in [0.15, 0.2) is 11.6 Å². The molecule has 1 saturated heterocycles. The van der Waals surface area contributed by atoms with Gasteiger partial charge >= 0.3 is 5.97 Å². The lowest BCUT2D eigenvalue weighted by atomic mass is 9.45. The zero-order valence-corrected chi connectivity index (χ0v) is 12.3. The van der Waals surface area contributed by atoms with E-state index in [1.807, 2.05) is 6.08 Å². The lowest BCUT2D eigenvalue weighted by Gasteiger charge is -2.60. The van der Waals surface area contributed by atoms with Crippen LogP contribution in [0.25, 0.3) is 0 Å². The van der Waals surface area contributed by atoms with Gasteiger partial charge in [-0.3, -0.25) is 0 Å². The van der Waals surface area contributed by atoms with Gasteiger partial charge in [-0.2, -0.15) is 0 Å². The van der Waals surface area contributed by atoms with E-state index in [9.17, 15) is 9.90 Å². The Morgan fingerprint density at radius 3 is 2.68 bits per heavy atom. The SMILES string of the molecule is CC1C=C2C(=O)OCC2(O)C2(C)CCCC(C)(C)C12. The van der Waals surface area contributed by atoms with Crippen molar-refractivity contribution in [3.8, 4) is 0 Å². The van der Waals surface area contributed by atoms with Gasteiger partial charge < -0.3 is 9.84 Å². The molecule has 1 aliphatic heterocycles. The van der Waals surface area contributed by atoms with Gasteiger partial charge in [0.1, 0.15) is 12.2 Å². The fourth-order valence-electron chi connectivity index (χ4n) is 5.37. The zero-order valence-electron chi connectivity index (χ0n) is 12.3. The van der Waals surface area contributed by atoms with Gasteiger partial charge in [-0.15, -0.1) is 0 Å². The van der Waals surface area contributed by atoms with Crippen LogP contribution in [0, 0.1) is 22.7 Å². The van der Waals surface area contributed by atoms with Gasteiger partial charge in [0.05, 0.1) is 5.57 Å². The summed E-state index contributed by atoms with van der Waals surface area (Å²) in [5.41, 5.74) is -0.643. The van der Waals surface area contributed by atoms with Gasteiger partial charge in [-0.05, 0) is 30.1 Å². The summed E-state index contributed by atoms with van der Waals surface area (Å²) in [5.74, 6) is 0.371. The molecule has 2 aliphatic carbocycles. The van der Waals surface area contributed by atoms with Crippen LogP contribution in [0.4, 0.5) is 0 Å². The molecule has 3 heteroatoms. The molecule has 0 aromatic rings. The second kappa shape index (κ2) is 3.63. The van der Waals surface area contributed by atoms with E-state index >= 15 is 0 Å². The summed E-state index contributed by atoms with van der Waals surface area (Å²) in [6.07, 6.45) is 5.23. The molecule has 0 aromatic carbocycles. The summed E-state index contributed by atoms with van der Waals surface area (Å²) in [6.45, 7) is 9.06. The molecule has 0 aromatic heterocycles. The Bertz CT molecular complexity index is 465. The van der Waals surface area contributed by atoms with Crippen molar-refractivity contribution in [1.29, 1.82) is 0 Å². The van der Waals surface area contributed by atoms with E-state index in [0.717, 1.165) is 12.8 Å². The topological polar surface area (TPSA) is 46.5 Å². The van der Waals surface area contributed by atoms with Gasteiger partial charge in [0.15, 0.2) is 0 Å². The van der Waals surface area contributed by atoms with Crippen LogP contribution in [-0.2, 0) is 9.53 Å². The van der Waals surface area contributed by atoms with Crippen molar-refractivity contribution >= 4 is 5.97 Å². The second-order valence-corrected chi connectivity index (χ2v) is 7.61. The number of ether oxygens (including phenoxy) is 1. The van der Waals surface area contributed by atoms with Crippen molar-refractivity contribution in [1.82, 2.24) is 0 Å². The number of carbonyl (C=O) groups excluding carboxylic acids is 1. The van der Waals surface area contributed by atoms with Crippen LogP contribution < -0.4 is 0 Å². The first kappa shape index (κ1) is 13.2. The predicted molar refractivity (Wildman–Crippen MR) is 72.4 cm³/mol. The average Bonchev–Trinajstić information content (AvgIpc) is 2.57. The van der Waals surface area contributed by atoms with Crippen LogP contribution in [-0.4, -0.2) is 23.3 Å². The Kier molecular flexibility index (Phi) is 2.52. The van der Waals surface area contributed by atoms with Gasteiger partial charge in [0.25, 0.3) is 0 Å². The van der Waals surface area contributed by atoms with E-state index in [4.69, 9.17) is 4.74 Å². The average molecular weight is 264 g/mol. The third-order valence-corrected chi connectivity index (χ3v) is 6.02. The number of hydrogen-bond donors (Lipinski definition) is 1. The largest absolute Gasteiger partial charge is 0.459 e. The van der Waals surface area contributed by atoms with Crippen molar-refractivity contribution < 1.29 is 14.6 Å². The van der Waals surface area contributed by atoms with Crippen molar-refractivity contribution in [3.05, 3.63) is 11.6 Å². The van der Waals surface area contributed by atoms with E-state index in [-0.39, 0.29) is 23.4 Å². The molecule has 1 heterocycles. The van der Waals surface area contributed by atoms with E-state index < -0.39 is 5.60 Å². The first-order valence-corrected chi connectivity index (χ1v) is 7.34. The van der Waals surface area contributed by atoms with Gasteiger partial charge in [0, 0.05) is 5.41 Å². The molecule has 1 saturated carbocycles. The van der Waals surface area contributed by atoms with E-state index in [1.165, 1.54) is 6.42 Å². The summed E-state index contributed by atoms with van der Waals surface area (Å²) in [7, 11) is 0. The Morgan fingerprint density at radius 2 is 2.00 bits per heavy atom. The molecule has 2 fully saturated rings.